The Morgan fingerprint density at radius 3 is 2.90 bits per heavy atom. The standard InChI is InChI=1S/C14H18N4O2S/c1-3-9-7-17-11(21-9)8-18-13-12(15)10(5-6-16-13)14(19)20-4-2/h5-7H,3-4,8,15H2,1-2H3,(H,16,18). The highest BCUT2D eigenvalue weighted by molar-refractivity contribution is 7.11. The smallest absolute Gasteiger partial charge is 0.340 e. The number of carbonyl (C=O) groups excluding carboxylic acids is 1. The molecule has 0 radical (unpaired) electrons. The predicted molar refractivity (Wildman–Crippen MR) is 83.4 cm³/mol. The lowest BCUT2D eigenvalue weighted by atomic mass is 10.2. The first-order valence-electron chi connectivity index (χ1n) is 6.74. The summed E-state index contributed by atoms with van der Waals surface area (Å²) in [6.07, 6.45) is 4.37. The Labute approximate surface area is 127 Å². The molecular formula is C14H18N4O2S. The molecule has 0 unspecified atom stereocenters. The van der Waals surface area contributed by atoms with Gasteiger partial charge in [-0.2, -0.15) is 0 Å². The molecule has 0 saturated heterocycles. The van der Waals surface area contributed by atoms with Gasteiger partial charge in [-0.1, -0.05) is 6.92 Å². The molecule has 3 N–H and O–H groups in total. The summed E-state index contributed by atoms with van der Waals surface area (Å²) in [6.45, 7) is 4.67. The molecule has 2 aromatic rings. The fourth-order valence-corrected chi connectivity index (χ4v) is 2.56. The van der Waals surface area contributed by atoms with Crippen LogP contribution in [0.2, 0.25) is 0 Å². The van der Waals surface area contributed by atoms with Crippen molar-refractivity contribution in [2.45, 2.75) is 26.8 Å². The molecule has 7 heteroatoms. The van der Waals surface area contributed by atoms with Crippen molar-refractivity contribution < 1.29 is 9.53 Å². The van der Waals surface area contributed by atoms with Crippen molar-refractivity contribution in [3.8, 4) is 0 Å². The van der Waals surface area contributed by atoms with Gasteiger partial charge < -0.3 is 15.8 Å². The number of thiazole rings is 1. The predicted octanol–water partition coefficient (Wildman–Crippen LogP) is 2.47. The number of nitrogens with zero attached hydrogens (tertiary/aromatic N) is 2. The van der Waals surface area contributed by atoms with Gasteiger partial charge in [-0.15, -0.1) is 11.3 Å². The van der Waals surface area contributed by atoms with Gasteiger partial charge in [0.2, 0.25) is 0 Å². The zero-order valence-corrected chi connectivity index (χ0v) is 12.9. The number of pyridine rings is 1. The van der Waals surface area contributed by atoms with Gasteiger partial charge in [0, 0.05) is 17.3 Å². The van der Waals surface area contributed by atoms with E-state index in [9.17, 15) is 4.79 Å². The molecule has 0 saturated carbocycles. The second-order valence-electron chi connectivity index (χ2n) is 4.27. The molecular weight excluding hydrogens is 288 g/mol. The Morgan fingerprint density at radius 1 is 1.43 bits per heavy atom. The van der Waals surface area contributed by atoms with Gasteiger partial charge in [-0.3, -0.25) is 0 Å². The zero-order chi connectivity index (χ0) is 15.2. The molecule has 0 fully saturated rings. The van der Waals surface area contributed by atoms with Crippen molar-refractivity contribution in [2.24, 2.45) is 0 Å². The third-order valence-electron chi connectivity index (χ3n) is 2.84. The first-order chi connectivity index (χ1) is 10.2. The fraction of sp³-hybridized carbons (Fsp3) is 0.357. The number of nitrogen functional groups attached to an aromatic ring is 1. The Kier molecular flexibility index (Phi) is 5.10. The van der Waals surface area contributed by atoms with E-state index in [4.69, 9.17) is 10.5 Å². The number of ether oxygens (including phenoxy) is 1. The van der Waals surface area contributed by atoms with Gasteiger partial charge >= 0.3 is 5.97 Å². The van der Waals surface area contributed by atoms with E-state index in [0.717, 1.165) is 11.4 Å². The Hall–Kier alpha value is -2.15. The molecule has 21 heavy (non-hydrogen) atoms. The highest BCUT2D eigenvalue weighted by atomic mass is 32.1. The monoisotopic (exact) mass is 306 g/mol. The van der Waals surface area contributed by atoms with Crippen LogP contribution in [-0.2, 0) is 17.7 Å². The van der Waals surface area contributed by atoms with Crippen molar-refractivity contribution in [3.63, 3.8) is 0 Å². The van der Waals surface area contributed by atoms with Crippen molar-refractivity contribution in [1.82, 2.24) is 9.97 Å². The third kappa shape index (κ3) is 3.69. The molecule has 112 valence electrons. The average molecular weight is 306 g/mol. The lowest BCUT2D eigenvalue weighted by molar-refractivity contribution is 0.0527. The number of nitrogens with one attached hydrogen (secondary N) is 1. The summed E-state index contributed by atoms with van der Waals surface area (Å²) in [7, 11) is 0. The van der Waals surface area contributed by atoms with E-state index in [0.29, 0.717) is 30.2 Å². The van der Waals surface area contributed by atoms with Crippen LogP contribution in [-0.4, -0.2) is 22.5 Å². The molecule has 0 bridgehead atoms. The number of esters is 1. The van der Waals surface area contributed by atoms with Crippen LogP contribution in [0.15, 0.2) is 18.5 Å². The number of aryl methyl sites for hydroxylation is 1. The first-order valence-corrected chi connectivity index (χ1v) is 7.56. The highest BCUT2D eigenvalue weighted by Gasteiger charge is 2.14. The van der Waals surface area contributed by atoms with E-state index in [1.54, 1.807) is 24.3 Å². The first kappa shape index (κ1) is 15.2. The lowest BCUT2D eigenvalue weighted by Gasteiger charge is -2.10. The van der Waals surface area contributed by atoms with Gasteiger partial charge in [0.15, 0.2) is 0 Å². The van der Waals surface area contributed by atoms with Crippen LogP contribution in [0, 0.1) is 0 Å². The Balaban J connectivity index is 2.09. The number of aromatic nitrogens is 2. The number of hydrogen-bond donors (Lipinski definition) is 2. The second-order valence-corrected chi connectivity index (χ2v) is 5.47. The lowest BCUT2D eigenvalue weighted by Crippen LogP contribution is -2.11. The van der Waals surface area contributed by atoms with E-state index in [-0.39, 0.29) is 0 Å². The summed E-state index contributed by atoms with van der Waals surface area (Å²) in [6, 6.07) is 1.55. The third-order valence-corrected chi connectivity index (χ3v) is 3.98. The van der Waals surface area contributed by atoms with Crippen molar-refractivity contribution in [3.05, 3.63) is 33.9 Å². The van der Waals surface area contributed by atoms with Crippen LogP contribution in [0.3, 0.4) is 0 Å². The molecule has 0 aliphatic rings. The minimum absolute atomic E-state index is 0.295. The quantitative estimate of drug-likeness (QED) is 0.797. The maximum absolute atomic E-state index is 11.8. The van der Waals surface area contributed by atoms with E-state index in [1.807, 2.05) is 6.20 Å². The van der Waals surface area contributed by atoms with E-state index in [1.165, 1.54) is 11.1 Å². The van der Waals surface area contributed by atoms with Crippen LogP contribution in [0.4, 0.5) is 11.5 Å². The maximum Gasteiger partial charge on any atom is 0.340 e. The minimum atomic E-state index is -0.442. The summed E-state index contributed by atoms with van der Waals surface area (Å²) in [5.74, 6) is 0.0248. The molecule has 0 spiro atoms. The molecule has 0 atom stereocenters. The molecule has 0 amide bonds. The van der Waals surface area contributed by atoms with Gasteiger partial charge in [-0.25, -0.2) is 14.8 Å². The fourth-order valence-electron chi connectivity index (χ4n) is 1.75. The topological polar surface area (TPSA) is 90.1 Å². The number of hydrogen-bond acceptors (Lipinski definition) is 7. The van der Waals surface area contributed by atoms with Gasteiger partial charge in [0.25, 0.3) is 0 Å². The zero-order valence-electron chi connectivity index (χ0n) is 12.0. The van der Waals surface area contributed by atoms with Crippen LogP contribution in [0.1, 0.15) is 34.1 Å². The minimum Gasteiger partial charge on any atom is -0.462 e. The average Bonchev–Trinajstić information content (AvgIpc) is 2.94. The van der Waals surface area contributed by atoms with Crippen LogP contribution >= 0.6 is 11.3 Å². The summed E-state index contributed by atoms with van der Waals surface area (Å²) in [5.41, 5.74) is 6.58. The highest BCUT2D eigenvalue weighted by Crippen LogP contribution is 2.22. The molecule has 0 aliphatic carbocycles. The van der Waals surface area contributed by atoms with Crippen LogP contribution in [0.5, 0.6) is 0 Å². The summed E-state index contributed by atoms with van der Waals surface area (Å²) < 4.78 is 4.96. The molecule has 2 rings (SSSR count). The van der Waals surface area contributed by atoms with E-state index >= 15 is 0 Å². The van der Waals surface area contributed by atoms with Crippen molar-refractivity contribution >= 4 is 28.8 Å². The normalized spacial score (nSPS) is 10.4. The summed E-state index contributed by atoms with van der Waals surface area (Å²) in [5, 5.41) is 4.06. The Bertz CT molecular complexity index is 627. The van der Waals surface area contributed by atoms with Crippen LogP contribution in [0.25, 0.3) is 0 Å². The van der Waals surface area contributed by atoms with Gasteiger partial charge in [0.1, 0.15) is 10.8 Å². The van der Waals surface area contributed by atoms with Crippen molar-refractivity contribution in [2.75, 3.05) is 17.7 Å². The number of carbonyl (C=O) groups is 1. The molecule has 2 aromatic heterocycles. The number of rotatable bonds is 6. The molecule has 2 heterocycles. The second kappa shape index (κ2) is 7.03. The van der Waals surface area contributed by atoms with Crippen molar-refractivity contribution in [1.29, 1.82) is 0 Å². The Morgan fingerprint density at radius 2 is 2.24 bits per heavy atom. The number of nitrogens with two attached hydrogens (primary N) is 1. The largest absolute Gasteiger partial charge is 0.462 e. The summed E-state index contributed by atoms with van der Waals surface area (Å²) >= 11 is 1.64. The molecule has 6 nitrogen and oxygen atoms in total. The van der Waals surface area contributed by atoms with E-state index < -0.39 is 5.97 Å². The van der Waals surface area contributed by atoms with Gasteiger partial charge in [-0.05, 0) is 19.4 Å². The summed E-state index contributed by atoms with van der Waals surface area (Å²) in [4.78, 5) is 21.5. The maximum atomic E-state index is 11.8. The van der Waals surface area contributed by atoms with E-state index in [2.05, 4.69) is 22.2 Å². The molecule has 0 aromatic carbocycles. The molecule has 0 aliphatic heterocycles. The van der Waals surface area contributed by atoms with Gasteiger partial charge in [0.05, 0.1) is 24.4 Å². The number of anilines is 2. The SMILES string of the molecule is CCOC(=O)c1ccnc(NCc2ncc(CC)s2)c1N. The van der Waals surface area contributed by atoms with Crippen LogP contribution < -0.4 is 11.1 Å².